The number of rotatable bonds is 2. The average molecular weight is 285 g/mol. The van der Waals surface area contributed by atoms with Crippen LogP contribution in [0, 0.1) is 6.92 Å². The lowest BCUT2D eigenvalue weighted by Gasteiger charge is -2.04. The highest BCUT2D eigenvalue weighted by Gasteiger charge is 2.14. The van der Waals surface area contributed by atoms with Crippen LogP contribution in [0.3, 0.4) is 0 Å². The molecule has 0 fully saturated rings. The van der Waals surface area contributed by atoms with Gasteiger partial charge in [0.1, 0.15) is 0 Å². The molecular formula is C7H7BrClNO2S. The van der Waals surface area contributed by atoms with Gasteiger partial charge in [-0.05, 0) is 30.7 Å². The molecule has 0 atom stereocenters. The van der Waals surface area contributed by atoms with Gasteiger partial charge in [0.05, 0.1) is 4.90 Å². The second-order valence-corrected chi connectivity index (χ2v) is 5.50. The van der Waals surface area contributed by atoms with Crippen LogP contribution in [0.4, 0.5) is 0 Å². The molecule has 72 valence electrons. The van der Waals surface area contributed by atoms with Crippen molar-refractivity contribution in [2.45, 2.75) is 11.8 Å². The Morgan fingerprint density at radius 1 is 1.46 bits per heavy atom. The summed E-state index contributed by atoms with van der Waals surface area (Å²) in [4.78, 5) is 0.216. The summed E-state index contributed by atoms with van der Waals surface area (Å²) < 4.78 is 24.7. The molecular weight excluding hydrogens is 278 g/mol. The molecule has 0 radical (unpaired) electrons. The van der Waals surface area contributed by atoms with Crippen molar-refractivity contribution in [3.63, 3.8) is 0 Å². The van der Waals surface area contributed by atoms with E-state index in [9.17, 15) is 8.42 Å². The maximum atomic E-state index is 11.3. The van der Waals surface area contributed by atoms with Crippen molar-refractivity contribution in [1.82, 2.24) is 3.75 Å². The molecule has 6 heteroatoms. The van der Waals surface area contributed by atoms with Crippen LogP contribution < -0.4 is 3.75 Å². The summed E-state index contributed by atoms with van der Waals surface area (Å²) in [6.45, 7) is 1.68. The molecule has 0 aromatic heterocycles. The first kappa shape index (κ1) is 11.0. The van der Waals surface area contributed by atoms with Crippen molar-refractivity contribution < 1.29 is 8.42 Å². The summed E-state index contributed by atoms with van der Waals surface area (Å²) in [7, 11) is -3.44. The van der Waals surface area contributed by atoms with Gasteiger partial charge in [0, 0.05) is 21.2 Å². The summed E-state index contributed by atoms with van der Waals surface area (Å²) >= 11 is 8.37. The van der Waals surface area contributed by atoms with Gasteiger partial charge in [-0.15, -0.1) is 3.75 Å². The van der Waals surface area contributed by atoms with Crippen molar-refractivity contribution in [2.75, 3.05) is 0 Å². The van der Waals surface area contributed by atoms with E-state index >= 15 is 0 Å². The standard InChI is InChI=1S/C7H7BrClNO2S/c1-5-4-6(9)2-3-7(5)13(11,12)10-8/h2-4,10H,1H3. The summed E-state index contributed by atoms with van der Waals surface area (Å²) in [5, 5.41) is 0.519. The Balaban J connectivity index is 3.33. The van der Waals surface area contributed by atoms with Gasteiger partial charge in [-0.1, -0.05) is 11.6 Å². The fourth-order valence-electron chi connectivity index (χ4n) is 0.956. The zero-order valence-corrected chi connectivity index (χ0v) is 9.87. The number of hydrogen-bond donors (Lipinski definition) is 1. The van der Waals surface area contributed by atoms with E-state index in [0.717, 1.165) is 0 Å². The van der Waals surface area contributed by atoms with Gasteiger partial charge in [-0.2, -0.15) is 0 Å². The third kappa shape index (κ3) is 2.43. The number of hydrogen-bond acceptors (Lipinski definition) is 2. The zero-order valence-electron chi connectivity index (χ0n) is 6.71. The fraction of sp³-hybridized carbons (Fsp3) is 0.143. The molecule has 1 aromatic rings. The third-order valence-corrected chi connectivity index (χ3v) is 4.28. The molecule has 0 aliphatic carbocycles. The van der Waals surface area contributed by atoms with Gasteiger partial charge >= 0.3 is 0 Å². The molecule has 0 aliphatic heterocycles. The summed E-state index contributed by atoms with van der Waals surface area (Å²) in [6, 6.07) is 4.59. The second-order valence-electron chi connectivity index (χ2n) is 2.49. The molecule has 1 aromatic carbocycles. The molecule has 1 rings (SSSR count). The number of sulfonamides is 1. The van der Waals surface area contributed by atoms with Crippen LogP contribution in [0.15, 0.2) is 23.1 Å². The molecule has 0 unspecified atom stereocenters. The molecule has 0 aliphatic rings. The molecule has 0 heterocycles. The molecule has 0 saturated heterocycles. The topological polar surface area (TPSA) is 46.2 Å². The highest BCUT2D eigenvalue weighted by Crippen LogP contribution is 2.19. The first-order valence-corrected chi connectivity index (χ1v) is 6.01. The summed E-state index contributed by atoms with van der Waals surface area (Å²) in [5.41, 5.74) is 0.611. The lowest BCUT2D eigenvalue weighted by molar-refractivity contribution is 0.594. The second kappa shape index (κ2) is 3.96. The number of aryl methyl sites for hydroxylation is 1. The van der Waals surface area contributed by atoms with Gasteiger partial charge in [0.25, 0.3) is 0 Å². The summed E-state index contributed by atoms with van der Waals surface area (Å²) in [5.74, 6) is 0. The largest absolute Gasteiger partial charge is 0.250 e. The Morgan fingerprint density at radius 2 is 2.08 bits per heavy atom. The molecule has 13 heavy (non-hydrogen) atoms. The Hall–Kier alpha value is -0.100. The maximum Gasteiger partial charge on any atom is 0.250 e. The van der Waals surface area contributed by atoms with Crippen LogP contribution in [-0.4, -0.2) is 8.42 Å². The highest BCUT2D eigenvalue weighted by molar-refractivity contribution is 9.09. The molecule has 3 nitrogen and oxygen atoms in total. The van der Waals surface area contributed by atoms with Crippen LogP contribution in [0.5, 0.6) is 0 Å². The molecule has 0 saturated carbocycles. The number of halogens is 2. The SMILES string of the molecule is Cc1cc(Cl)ccc1S(=O)(=O)NBr. The third-order valence-electron chi connectivity index (χ3n) is 1.53. The zero-order chi connectivity index (χ0) is 10.1. The number of benzene rings is 1. The molecule has 0 spiro atoms. The average Bonchev–Trinajstić information content (AvgIpc) is 2.03. The predicted molar refractivity (Wildman–Crippen MR) is 55.4 cm³/mol. The van der Waals surface area contributed by atoms with Gasteiger partial charge in [0.15, 0.2) is 0 Å². The van der Waals surface area contributed by atoms with Gasteiger partial charge in [0.2, 0.25) is 10.0 Å². The van der Waals surface area contributed by atoms with E-state index in [-0.39, 0.29) is 4.90 Å². The van der Waals surface area contributed by atoms with E-state index < -0.39 is 10.0 Å². The minimum Gasteiger partial charge on any atom is -0.206 e. The highest BCUT2D eigenvalue weighted by atomic mass is 79.9. The molecule has 1 N–H and O–H groups in total. The van der Waals surface area contributed by atoms with Crippen LogP contribution >= 0.6 is 27.7 Å². The first-order chi connectivity index (χ1) is 5.97. The van der Waals surface area contributed by atoms with Gasteiger partial charge in [-0.3, -0.25) is 0 Å². The van der Waals surface area contributed by atoms with Crippen LogP contribution in [0.2, 0.25) is 5.02 Å². The summed E-state index contributed by atoms with van der Waals surface area (Å²) in [6.07, 6.45) is 0. The lowest BCUT2D eigenvalue weighted by Crippen LogP contribution is -2.14. The lowest BCUT2D eigenvalue weighted by atomic mass is 10.2. The fourth-order valence-corrected chi connectivity index (χ4v) is 2.52. The normalized spacial score (nSPS) is 11.6. The Bertz CT molecular complexity index is 419. The van der Waals surface area contributed by atoms with Gasteiger partial charge < -0.3 is 0 Å². The minimum atomic E-state index is -3.44. The maximum absolute atomic E-state index is 11.3. The van der Waals surface area contributed by atoms with E-state index in [1.54, 1.807) is 13.0 Å². The van der Waals surface area contributed by atoms with Crippen molar-refractivity contribution in [3.8, 4) is 0 Å². The minimum absolute atomic E-state index is 0.216. The first-order valence-electron chi connectivity index (χ1n) is 3.36. The number of nitrogens with one attached hydrogen (secondary N) is 1. The molecule has 0 amide bonds. The van der Waals surface area contributed by atoms with Crippen molar-refractivity contribution in [3.05, 3.63) is 28.8 Å². The van der Waals surface area contributed by atoms with Crippen LogP contribution in [0.25, 0.3) is 0 Å². The van der Waals surface area contributed by atoms with E-state index in [0.29, 0.717) is 10.6 Å². The van der Waals surface area contributed by atoms with Crippen molar-refractivity contribution >= 4 is 37.8 Å². The Kier molecular flexibility index (Phi) is 3.34. The Morgan fingerprint density at radius 3 is 2.54 bits per heavy atom. The van der Waals surface area contributed by atoms with E-state index in [1.165, 1.54) is 12.1 Å². The quantitative estimate of drug-likeness (QED) is 0.847. The van der Waals surface area contributed by atoms with Crippen LogP contribution in [0.1, 0.15) is 5.56 Å². The van der Waals surface area contributed by atoms with E-state index in [4.69, 9.17) is 11.6 Å². The van der Waals surface area contributed by atoms with Crippen molar-refractivity contribution in [1.29, 1.82) is 0 Å². The monoisotopic (exact) mass is 283 g/mol. The van der Waals surface area contributed by atoms with E-state index in [2.05, 4.69) is 19.9 Å². The smallest absolute Gasteiger partial charge is 0.206 e. The molecule has 0 bridgehead atoms. The Labute approximate surface area is 90.5 Å². The predicted octanol–water partition coefficient (Wildman–Crippen LogP) is 2.24. The van der Waals surface area contributed by atoms with Crippen LogP contribution in [-0.2, 0) is 10.0 Å². The van der Waals surface area contributed by atoms with Gasteiger partial charge in [-0.25, -0.2) is 8.42 Å². The van der Waals surface area contributed by atoms with Crippen molar-refractivity contribution in [2.24, 2.45) is 0 Å². The van der Waals surface area contributed by atoms with E-state index in [1.807, 2.05) is 0 Å².